The zero-order chi connectivity index (χ0) is 13.8. The molecule has 1 aliphatic rings. The minimum Gasteiger partial charge on any atom is -0.352 e. The summed E-state index contributed by atoms with van der Waals surface area (Å²) in [6.45, 7) is 6.70. The van der Waals surface area contributed by atoms with Gasteiger partial charge in [-0.2, -0.15) is 5.10 Å². The normalized spacial score (nSPS) is 15.8. The van der Waals surface area contributed by atoms with Crippen molar-refractivity contribution in [1.82, 2.24) is 20.4 Å². The molecule has 0 saturated carbocycles. The van der Waals surface area contributed by atoms with Gasteiger partial charge in [0.25, 0.3) is 0 Å². The van der Waals surface area contributed by atoms with E-state index in [1.165, 1.54) is 0 Å². The lowest BCUT2D eigenvalue weighted by Gasteiger charge is -2.21. The van der Waals surface area contributed by atoms with Gasteiger partial charge in [0.2, 0.25) is 5.91 Å². The number of piperidine rings is 1. The fourth-order valence-electron chi connectivity index (χ4n) is 2.68. The van der Waals surface area contributed by atoms with Crippen LogP contribution in [0.2, 0.25) is 0 Å². The molecule has 1 amide bonds. The van der Waals surface area contributed by atoms with Crippen molar-refractivity contribution in [2.75, 3.05) is 13.1 Å². The van der Waals surface area contributed by atoms with E-state index in [1.807, 2.05) is 25.6 Å². The highest BCUT2D eigenvalue weighted by atomic mass is 35.5. The maximum Gasteiger partial charge on any atom is 0.220 e. The molecule has 2 heterocycles. The summed E-state index contributed by atoms with van der Waals surface area (Å²) >= 11 is 0. The molecule has 0 unspecified atom stereocenters. The summed E-state index contributed by atoms with van der Waals surface area (Å²) in [4.78, 5) is 12.0. The van der Waals surface area contributed by atoms with Crippen LogP contribution in [0.25, 0.3) is 0 Å². The summed E-state index contributed by atoms with van der Waals surface area (Å²) in [6.07, 6.45) is 2.87. The van der Waals surface area contributed by atoms with Gasteiger partial charge in [-0.3, -0.25) is 9.48 Å². The van der Waals surface area contributed by atoms with E-state index in [4.69, 9.17) is 0 Å². The van der Waals surface area contributed by atoms with Gasteiger partial charge in [-0.05, 0) is 45.7 Å². The Hall–Kier alpha value is -1.07. The lowest BCUT2D eigenvalue weighted by molar-refractivity contribution is -0.122. The summed E-state index contributed by atoms with van der Waals surface area (Å²) < 4.78 is 1.86. The molecule has 1 aromatic heterocycles. The van der Waals surface area contributed by atoms with Crippen molar-refractivity contribution in [2.24, 2.45) is 13.0 Å². The summed E-state index contributed by atoms with van der Waals surface area (Å²) in [5.41, 5.74) is 3.27. The van der Waals surface area contributed by atoms with Crippen LogP contribution in [0.3, 0.4) is 0 Å². The Morgan fingerprint density at radius 3 is 2.60 bits per heavy atom. The lowest BCUT2D eigenvalue weighted by Crippen LogP contribution is -2.32. The van der Waals surface area contributed by atoms with Crippen LogP contribution in [-0.4, -0.2) is 28.8 Å². The molecule has 0 radical (unpaired) electrons. The molecule has 0 spiro atoms. The number of halogens is 1. The van der Waals surface area contributed by atoms with Crippen molar-refractivity contribution in [3.05, 3.63) is 17.0 Å². The van der Waals surface area contributed by atoms with E-state index in [1.54, 1.807) is 0 Å². The van der Waals surface area contributed by atoms with E-state index in [2.05, 4.69) is 15.7 Å². The maximum absolute atomic E-state index is 12.0. The van der Waals surface area contributed by atoms with Crippen molar-refractivity contribution in [2.45, 2.75) is 39.7 Å². The van der Waals surface area contributed by atoms with Crippen molar-refractivity contribution in [3.63, 3.8) is 0 Å². The molecule has 2 rings (SSSR count). The van der Waals surface area contributed by atoms with Crippen LogP contribution >= 0.6 is 12.4 Å². The fraction of sp³-hybridized carbons (Fsp3) is 0.714. The van der Waals surface area contributed by atoms with Crippen molar-refractivity contribution >= 4 is 18.3 Å². The third-order valence-corrected chi connectivity index (χ3v) is 4.05. The molecular formula is C14H25ClN4O. The summed E-state index contributed by atoms with van der Waals surface area (Å²) in [7, 11) is 1.93. The van der Waals surface area contributed by atoms with Crippen LogP contribution < -0.4 is 10.6 Å². The minimum atomic E-state index is 0. The Bertz CT molecular complexity index is 452. The van der Waals surface area contributed by atoms with Gasteiger partial charge in [0.1, 0.15) is 0 Å². The van der Waals surface area contributed by atoms with E-state index in [9.17, 15) is 4.79 Å². The van der Waals surface area contributed by atoms with Gasteiger partial charge >= 0.3 is 0 Å². The molecule has 114 valence electrons. The Morgan fingerprint density at radius 2 is 2.05 bits per heavy atom. The van der Waals surface area contributed by atoms with E-state index >= 15 is 0 Å². The third kappa shape index (κ3) is 4.21. The molecule has 1 aliphatic heterocycles. The quantitative estimate of drug-likeness (QED) is 0.885. The summed E-state index contributed by atoms with van der Waals surface area (Å²) in [6, 6.07) is 0. The first-order valence-electron chi connectivity index (χ1n) is 7.04. The highest BCUT2D eigenvalue weighted by Crippen LogP contribution is 2.16. The smallest absolute Gasteiger partial charge is 0.220 e. The van der Waals surface area contributed by atoms with E-state index in [0.717, 1.165) is 42.9 Å². The zero-order valence-corrected chi connectivity index (χ0v) is 13.3. The van der Waals surface area contributed by atoms with E-state index < -0.39 is 0 Å². The first-order valence-corrected chi connectivity index (χ1v) is 7.04. The van der Waals surface area contributed by atoms with Crippen molar-refractivity contribution in [3.8, 4) is 0 Å². The molecule has 1 fully saturated rings. The van der Waals surface area contributed by atoms with Gasteiger partial charge in [0.05, 0.1) is 5.69 Å². The third-order valence-electron chi connectivity index (χ3n) is 4.05. The van der Waals surface area contributed by atoms with Crippen LogP contribution in [0, 0.1) is 19.8 Å². The summed E-state index contributed by atoms with van der Waals surface area (Å²) in [5.74, 6) is 0.701. The molecule has 0 aliphatic carbocycles. The van der Waals surface area contributed by atoms with Crippen LogP contribution in [-0.2, 0) is 18.4 Å². The molecule has 1 aromatic rings. The van der Waals surface area contributed by atoms with Gasteiger partial charge < -0.3 is 10.6 Å². The molecular weight excluding hydrogens is 276 g/mol. The Kier molecular flexibility index (Phi) is 6.49. The maximum atomic E-state index is 12.0. The van der Waals surface area contributed by atoms with Gasteiger partial charge in [-0.15, -0.1) is 12.4 Å². The predicted molar refractivity (Wildman–Crippen MR) is 82.0 cm³/mol. The number of nitrogens with one attached hydrogen (secondary N) is 2. The number of hydrogen-bond acceptors (Lipinski definition) is 3. The zero-order valence-electron chi connectivity index (χ0n) is 12.5. The number of aryl methyl sites for hydroxylation is 2. The summed E-state index contributed by atoms with van der Waals surface area (Å²) in [5, 5.41) is 10.7. The van der Waals surface area contributed by atoms with E-state index in [0.29, 0.717) is 18.9 Å². The molecule has 5 nitrogen and oxygen atoms in total. The molecule has 20 heavy (non-hydrogen) atoms. The molecule has 0 atom stereocenters. The van der Waals surface area contributed by atoms with Gasteiger partial charge in [0, 0.05) is 31.3 Å². The monoisotopic (exact) mass is 300 g/mol. The predicted octanol–water partition coefficient (Wildman–Crippen LogP) is 1.46. The average Bonchev–Trinajstić information content (AvgIpc) is 2.62. The Balaban J connectivity index is 0.00000200. The number of aromatic nitrogens is 2. The van der Waals surface area contributed by atoms with Crippen molar-refractivity contribution < 1.29 is 4.79 Å². The lowest BCUT2D eigenvalue weighted by atomic mass is 9.94. The van der Waals surface area contributed by atoms with E-state index in [-0.39, 0.29) is 18.3 Å². The topological polar surface area (TPSA) is 59.0 Å². The SMILES string of the molecule is Cc1nn(C)c(C)c1CNC(=O)CC1CCNCC1.Cl. The Morgan fingerprint density at radius 1 is 1.40 bits per heavy atom. The molecule has 0 bridgehead atoms. The van der Waals surface area contributed by atoms with Gasteiger partial charge in [-0.25, -0.2) is 0 Å². The fourth-order valence-corrected chi connectivity index (χ4v) is 2.68. The number of hydrogen-bond donors (Lipinski definition) is 2. The standard InChI is InChI=1S/C14H24N4O.ClH/c1-10-13(11(2)18(3)17-10)9-16-14(19)8-12-4-6-15-7-5-12;/h12,15H,4-9H2,1-3H3,(H,16,19);1H. The molecule has 1 saturated heterocycles. The Labute approximate surface area is 126 Å². The number of carbonyl (C=O) groups is 1. The largest absolute Gasteiger partial charge is 0.352 e. The second-order valence-corrected chi connectivity index (χ2v) is 5.45. The first kappa shape index (κ1) is 17.0. The van der Waals surface area contributed by atoms with Crippen LogP contribution in [0.5, 0.6) is 0 Å². The van der Waals surface area contributed by atoms with Crippen LogP contribution in [0.15, 0.2) is 0 Å². The molecule has 2 N–H and O–H groups in total. The van der Waals surface area contributed by atoms with Crippen LogP contribution in [0.1, 0.15) is 36.2 Å². The first-order chi connectivity index (χ1) is 9.08. The number of carbonyl (C=O) groups excluding carboxylic acids is 1. The highest BCUT2D eigenvalue weighted by molar-refractivity contribution is 5.85. The number of nitrogens with zero attached hydrogens (tertiary/aromatic N) is 2. The second-order valence-electron chi connectivity index (χ2n) is 5.45. The van der Waals surface area contributed by atoms with Gasteiger partial charge in [0.15, 0.2) is 0 Å². The average molecular weight is 301 g/mol. The van der Waals surface area contributed by atoms with Gasteiger partial charge in [-0.1, -0.05) is 0 Å². The van der Waals surface area contributed by atoms with Crippen LogP contribution in [0.4, 0.5) is 0 Å². The number of amides is 1. The second kappa shape index (κ2) is 7.64. The highest BCUT2D eigenvalue weighted by Gasteiger charge is 2.17. The minimum absolute atomic E-state index is 0. The van der Waals surface area contributed by atoms with Crippen molar-refractivity contribution in [1.29, 1.82) is 0 Å². The molecule has 6 heteroatoms. The molecule has 0 aromatic carbocycles. The number of rotatable bonds is 4.